The predicted octanol–water partition coefficient (Wildman–Crippen LogP) is 1.72. The molecule has 3 aromatic rings. The number of ether oxygens (including phenoxy) is 1. The van der Waals surface area contributed by atoms with Crippen LogP contribution in [0.3, 0.4) is 0 Å². The van der Waals surface area contributed by atoms with Crippen molar-refractivity contribution in [3.63, 3.8) is 0 Å². The molecule has 216 valence electrons. The summed E-state index contributed by atoms with van der Waals surface area (Å²) < 4.78 is 59.3. The van der Waals surface area contributed by atoms with Gasteiger partial charge in [-0.25, -0.2) is 26.6 Å². The quantitative estimate of drug-likeness (QED) is 0.187. The van der Waals surface area contributed by atoms with Crippen molar-refractivity contribution < 1.29 is 41.2 Å². The molecule has 13 nitrogen and oxygen atoms in total. The summed E-state index contributed by atoms with van der Waals surface area (Å²) in [5.74, 6) is -1.64. The maximum atomic E-state index is 13.0. The lowest BCUT2D eigenvalue weighted by atomic mass is 10.1. The molecule has 1 atom stereocenters. The molecule has 1 aliphatic rings. The number of hydroxylamine groups is 1. The summed E-state index contributed by atoms with van der Waals surface area (Å²) in [5, 5.41) is 11.8. The SMILES string of the molecule is COc1ccc(C(=O)Nc2ccc(S(=O)(=O)N[C@H](CCCN3C(=O)c4ccccc4S3(=O)=O)C(=O)NO)cc2)cc1. The van der Waals surface area contributed by atoms with E-state index >= 15 is 0 Å². The van der Waals surface area contributed by atoms with Crippen LogP contribution in [-0.4, -0.2) is 63.8 Å². The number of methoxy groups -OCH3 is 1. The van der Waals surface area contributed by atoms with E-state index in [1.165, 1.54) is 61.1 Å². The van der Waals surface area contributed by atoms with Crippen molar-refractivity contribution >= 4 is 43.5 Å². The molecule has 0 saturated carbocycles. The zero-order chi connectivity index (χ0) is 29.8. The Morgan fingerprint density at radius 2 is 1.66 bits per heavy atom. The number of nitrogens with zero attached hydrogens (tertiary/aromatic N) is 1. The summed E-state index contributed by atoms with van der Waals surface area (Å²) in [5.41, 5.74) is 2.09. The highest BCUT2D eigenvalue weighted by Gasteiger charge is 2.40. The van der Waals surface area contributed by atoms with E-state index in [2.05, 4.69) is 10.0 Å². The van der Waals surface area contributed by atoms with Gasteiger partial charge in [-0.2, -0.15) is 4.72 Å². The molecule has 0 radical (unpaired) electrons. The molecule has 4 rings (SSSR count). The average Bonchev–Trinajstić information content (AvgIpc) is 3.16. The van der Waals surface area contributed by atoms with Gasteiger partial charge in [0.05, 0.1) is 17.6 Å². The zero-order valence-corrected chi connectivity index (χ0v) is 23.2. The molecule has 0 fully saturated rings. The van der Waals surface area contributed by atoms with Crippen LogP contribution >= 0.6 is 0 Å². The van der Waals surface area contributed by atoms with Gasteiger partial charge in [-0.1, -0.05) is 12.1 Å². The second kappa shape index (κ2) is 12.1. The number of hydrogen-bond donors (Lipinski definition) is 4. The molecule has 0 aromatic heterocycles. The monoisotopic (exact) mass is 602 g/mol. The maximum absolute atomic E-state index is 13.0. The van der Waals surface area contributed by atoms with Crippen LogP contribution in [0.1, 0.15) is 33.6 Å². The van der Waals surface area contributed by atoms with Crippen LogP contribution in [-0.2, 0) is 24.8 Å². The molecule has 1 aliphatic heterocycles. The molecule has 0 bridgehead atoms. The van der Waals surface area contributed by atoms with E-state index < -0.39 is 43.8 Å². The number of benzene rings is 3. The Balaban J connectivity index is 1.39. The van der Waals surface area contributed by atoms with E-state index in [1.807, 2.05) is 0 Å². The number of sulfonamides is 2. The second-order valence-electron chi connectivity index (χ2n) is 8.88. The third-order valence-corrected chi connectivity index (χ3v) is 9.59. The van der Waals surface area contributed by atoms with E-state index in [0.29, 0.717) is 21.3 Å². The summed E-state index contributed by atoms with van der Waals surface area (Å²) in [6.07, 6.45) is -0.326. The van der Waals surface area contributed by atoms with Gasteiger partial charge in [0.15, 0.2) is 0 Å². The fraction of sp³-hybridized carbons (Fsp3) is 0.192. The molecule has 0 aliphatic carbocycles. The smallest absolute Gasteiger partial charge is 0.269 e. The van der Waals surface area contributed by atoms with Gasteiger partial charge >= 0.3 is 0 Å². The minimum Gasteiger partial charge on any atom is -0.497 e. The summed E-state index contributed by atoms with van der Waals surface area (Å²) in [7, 11) is -6.86. The van der Waals surface area contributed by atoms with Crippen molar-refractivity contribution in [3.8, 4) is 5.75 Å². The molecule has 3 aromatic carbocycles. The van der Waals surface area contributed by atoms with Crippen molar-refractivity contribution in [2.75, 3.05) is 19.0 Å². The standard InChI is InChI=1S/C26H26N4O9S2/c1-39-19-12-8-17(9-13-19)24(31)27-18-10-14-20(15-11-18)40(35,36)29-22(25(32)28-34)6-4-16-30-26(33)21-5-2-3-7-23(21)41(30,37)38/h2-3,5,7-15,22,29,34H,4,6,16H2,1H3,(H,27,31)(H,28,32)/t22-/m1/s1. The molecule has 0 spiro atoms. The van der Waals surface area contributed by atoms with Crippen LogP contribution < -0.4 is 20.3 Å². The molecule has 1 heterocycles. The lowest BCUT2D eigenvalue weighted by Gasteiger charge is -2.19. The number of carbonyl (C=O) groups excluding carboxylic acids is 3. The minimum absolute atomic E-state index is 0.0292. The fourth-order valence-electron chi connectivity index (χ4n) is 4.13. The third kappa shape index (κ3) is 6.38. The van der Waals surface area contributed by atoms with E-state index in [1.54, 1.807) is 24.3 Å². The molecule has 3 amide bonds. The van der Waals surface area contributed by atoms with Crippen molar-refractivity contribution in [2.45, 2.75) is 28.7 Å². The molecule has 0 saturated heterocycles. The summed E-state index contributed by atoms with van der Waals surface area (Å²) >= 11 is 0. The maximum Gasteiger partial charge on any atom is 0.269 e. The predicted molar refractivity (Wildman–Crippen MR) is 145 cm³/mol. The van der Waals surface area contributed by atoms with Crippen molar-refractivity contribution in [3.05, 3.63) is 83.9 Å². The average molecular weight is 603 g/mol. The second-order valence-corrected chi connectivity index (χ2v) is 12.4. The number of hydrogen-bond acceptors (Lipinski definition) is 9. The first kappa shape index (κ1) is 29.7. The van der Waals surface area contributed by atoms with Gasteiger partial charge < -0.3 is 10.1 Å². The number of rotatable bonds is 11. The van der Waals surface area contributed by atoms with Crippen LogP contribution in [0.15, 0.2) is 82.6 Å². The molecule has 41 heavy (non-hydrogen) atoms. The molecule has 4 N–H and O–H groups in total. The zero-order valence-electron chi connectivity index (χ0n) is 21.6. The third-order valence-electron chi connectivity index (χ3n) is 6.26. The molecule has 15 heteroatoms. The Morgan fingerprint density at radius 1 is 1.00 bits per heavy atom. The Bertz CT molecular complexity index is 1670. The summed E-state index contributed by atoms with van der Waals surface area (Å²) in [4.78, 5) is 36.9. The minimum atomic E-state index is -4.29. The number of fused-ring (bicyclic) bond motifs is 1. The Labute approximate surface area is 236 Å². The van der Waals surface area contributed by atoms with Crippen LogP contribution in [0.4, 0.5) is 5.69 Å². The van der Waals surface area contributed by atoms with Gasteiger partial charge in [-0.05, 0) is 73.5 Å². The van der Waals surface area contributed by atoms with Gasteiger partial charge in [0.1, 0.15) is 16.7 Å². The van der Waals surface area contributed by atoms with E-state index in [-0.39, 0.29) is 34.7 Å². The summed E-state index contributed by atoms with van der Waals surface area (Å²) in [6, 6.07) is 15.8. The van der Waals surface area contributed by atoms with E-state index in [9.17, 15) is 31.2 Å². The highest BCUT2D eigenvalue weighted by Crippen LogP contribution is 2.30. The van der Waals surface area contributed by atoms with Gasteiger partial charge in [0.25, 0.3) is 27.7 Å². The molecule has 0 unspecified atom stereocenters. The Morgan fingerprint density at radius 3 is 2.27 bits per heavy atom. The highest BCUT2D eigenvalue weighted by atomic mass is 32.2. The van der Waals surface area contributed by atoms with Crippen molar-refractivity contribution in [1.29, 1.82) is 0 Å². The molecular weight excluding hydrogens is 576 g/mol. The van der Waals surface area contributed by atoms with Crippen LogP contribution in [0.5, 0.6) is 5.75 Å². The van der Waals surface area contributed by atoms with Gasteiger partial charge in [0.2, 0.25) is 10.0 Å². The van der Waals surface area contributed by atoms with Gasteiger partial charge in [-0.3, -0.25) is 19.6 Å². The topological polar surface area (TPSA) is 188 Å². The number of nitrogens with one attached hydrogen (secondary N) is 3. The number of anilines is 1. The van der Waals surface area contributed by atoms with Gasteiger partial charge in [0, 0.05) is 17.8 Å². The van der Waals surface area contributed by atoms with Crippen molar-refractivity contribution in [1.82, 2.24) is 14.5 Å². The first-order valence-corrected chi connectivity index (χ1v) is 15.1. The first-order valence-electron chi connectivity index (χ1n) is 12.2. The van der Waals surface area contributed by atoms with Crippen LogP contribution in [0.25, 0.3) is 0 Å². The number of amides is 3. The highest BCUT2D eigenvalue weighted by molar-refractivity contribution is 7.90. The lowest BCUT2D eigenvalue weighted by Crippen LogP contribution is -2.46. The normalized spacial score (nSPS) is 14.7. The Kier molecular flexibility index (Phi) is 8.72. The van der Waals surface area contributed by atoms with Crippen LogP contribution in [0, 0.1) is 0 Å². The van der Waals surface area contributed by atoms with Gasteiger partial charge in [-0.15, -0.1) is 0 Å². The van der Waals surface area contributed by atoms with E-state index in [0.717, 1.165) is 0 Å². The number of carbonyl (C=O) groups is 3. The fourth-order valence-corrected chi connectivity index (χ4v) is 6.97. The lowest BCUT2D eigenvalue weighted by molar-refractivity contribution is -0.131. The Hall–Kier alpha value is -4.31. The molecular formula is C26H26N4O9S2. The first-order chi connectivity index (χ1) is 19.5. The van der Waals surface area contributed by atoms with E-state index in [4.69, 9.17) is 9.94 Å². The largest absolute Gasteiger partial charge is 0.497 e. The summed E-state index contributed by atoms with van der Waals surface area (Å²) in [6.45, 7) is -0.310. The van der Waals surface area contributed by atoms with Crippen LogP contribution in [0.2, 0.25) is 0 Å². The van der Waals surface area contributed by atoms with Crippen molar-refractivity contribution in [2.24, 2.45) is 0 Å².